The maximum Gasteiger partial charge on any atom is 0.354 e. The molecule has 0 fully saturated rings. The minimum Gasteiger partial charge on any atom is -0.477 e. The first kappa shape index (κ1) is 5.77. The number of rotatable bonds is 1. The molecule has 4 heteroatoms. The van der Waals surface area contributed by atoms with E-state index in [0.29, 0.717) is 5.65 Å². The van der Waals surface area contributed by atoms with E-state index in [1.165, 1.54) is 16.7 Å². The molecular formula is C8H6N2O2. The molecule has 2 aromatic rings. The summed E-state index contributed by atoms with van der Waals surface area (Å²) in [5.74, 6) is -1.08. The molecule has 0 aliphatic carbocycles. The maximum atomic E-state index is 10.7. The van der Waals surface area contributed by atoms with Gasteiger partial charge >= 0.3 is 5.97 Å². The Morgan fingerprint density at radius 1 is 1.67 bits per heavy atom. The van der Waals surface area contributed by atoms with Gasteiger partial charge in [-0.1, -0.05) is 6.07 Å². The summed E-state index contributed by atoms with van der Waals surface area (Å²) in [6.45, 7) is 0. The van der Waals surface area contributed by atoms with Crippen molar-refractivity contribution < 1.29 is 11.3 Å². The van der Waals surface area contributed by atoms with Gasteiger partial charge in [0.1, 0.15) is 5.65 Å². The first-order valence-electron chi connectivity index (χ1n) is 3.86. The molecule has 2 rings (SSSR count). The van der Waals surface area contributed by atoms with E-state index < -0.39 is 5.97 Å². The Morgan fingerprint density at radius 2 is 2.50 bits per heavy atom. The van der Waals surface area contributed by atoms with E-state index in [-0.39, 0.29) is 11.9 Å². The van der Waals surface area contributed by atoms with E-state index in [1.54, 1.807) is 12.1 Å². The second kappa shape index (κ2) is 2.34. The molecule has 4 nitrogen and oxygen atoms in total. The van der Waals surface area contributed by atoms with Crippen LogP contribution in [-0.4, -0.2) is 20.5 Å². The predicted octanol–water partition coefficient (Wildman–Crippen LogP) is 1.03. The Kier molecular flexibility index (Phi) is 1.12. The molecule has 0 aromatic carbocycles. The fourth-order valence-electron chi connectivity index (χ4n) is 1.02. The molecule has 0 spiro atoms. The highest BCUT2D eigenvalue weighted by atomic mass is 16.4. The molecule has 60 valence electrons. The lowest BCUT2D eigenvalue weighted by Crippen LogP contribution is -2.00. The van der Waals surface area contributed by atoms with Crippen LogP contribution in [0.2, 0.25) is 0 Å². The van der Waals surface area contributed by atoms with Gasteiger partial charge in [0.25, 0.3) is 0 Å². The highest BCUT2D eigenvalue weighted by molar-refractivity contribution is 5.86. The van der Waals surface area contributed by atoms with Crippen molar-refractivity contribution in [2.45, 2.75) is 0 Å². The van der Waals surface area contributed by atoms with E-state index in [0.717, 1.165) is 0 Å². The van der Waals surface area contributed by atoms with Crippen LogP contribution < -0.4 is 0 Å². The number of aromatic carboxylic acids is 1. The fraction of sp³-hybridized carbons (Fsp3) is 0. The Bertz CT molecular complexity index is 478. The summed E-state index contributed by atoms with van der Waals surface area (Å²) in [7, 11) is 0. The summed E-state index contributed by atoms with van der Waals surface area (Å²) in [5.41, 5.74) is 0.491. The fourth-order valence-corrected chi connectivity index (χ4v) is 1.02. The van der Waals surface area contributed by atoms with Gasteiger partial charge in [0.15, 0.2) is 5.69 Å². The third-order valence-electron chi connectivity index (χ3n) is 1.55. The number of aromatic nitrogens is 2. The van der Waals surface area contributed by atoms with Crippen molar-refractivity contribution in [3.05, 3.63) is 36.3 Å². The highest BCUT2D eigenvalue weighted by Gasteiger charge is 2.08. The van der Waals surface area contributed by atoms with Crippen molar-refractivity contribution in [1.29, 1.82) is 0 Å². The molecule has 0 unspecified atom stereocenters. The third kappa shape index (κ3) is 0.852. The minimum atomic E-state index is -1.08. The summed E-state index contributed by atoms with van der Waals surface area (Å²) in [5, 5.41) is 8.75. The Hall–Kier alpha value is -1.84. The molecule has 0 amide bonds. The summed E-state index contributed by atoms with van der Waals surface area (Å²) < 4.78 is 8.75. The lowest BCUT2D eigenvalue weighted by Gasteiger charge is -1.93. The van der Waals surface area contributed by atoms with Crippen molar-refractivity contribution >= 4 is 11.6 Å². The molecule has 0 bridgehead atoms. The van der Waals surface area contributed by atoms with Crippen molar-refractivity contribution in [3.63, 3.8) is 0 Å². The van der Waals surface area contributed by atoms with Crippen molar-refractivity contribution in [2.75, 3.05) is 0 Å². The van der Waals surface area contributed by atoms with Crippen molar-refractivity contribution in [3.8, 4) is 0 Å². The molecule has 0 aliphatic rings. The summed E-state index contributed by atoms with van der Waals surface area (Å²) in [6, 6.07) is 4.84. The molecule has 2 aromatic heterocycles. The molecular weight excluding hydrogens is 156 g/mol. The Balaban J connectivity index is 2.86. The highest BCUT2D eigenvalue weighted by Crippen LogP contribution is 2.04. The molecule has 0 saturated carbocycles. The topological polar surface area (TPSA) is 54.6 Å². The monoisotopic (exact) mass is 163 g/mol. The summed E-state index contributed by atoms with van der Waals surface area (Å²) in [6.07, 6.45) is 1.36. The second-order valence-electron chi connectivity index (χ2n) is 2.30. The molecule has 1 N–H and O–H groups in total. The number of fused-ring (bicyclic) bond motifs is 1. The van der Waals surface area contributed by atoms with Gasteiger partial charge in [-0.2, -0.15) is 0 Å². The van der Waals surface area contributed by atoms with E-state index in [2.05, 4.69) is 4.98 Å². The lowest BCUT2D eigenvalue weighted by atomic mass is 10.4. The molecule has 12 heavy (non-hydrogen) atoms. The first-order valence-corrected chi connectivity index (χ1v) is 3.36. The van der Waals surface area contributed by atoms with E-state index in [9.17, 15) is 4.79 Å². The second-order valence-corrected chi connectivity index (χ2v) is 2.30. The molecule has 0 saturated heterocycles. The van der Waals surface area contributed by atoms with Crippen LogP contribution in [0.3, 0.4) is 0 Å². The number of carboxylic acids is 1. The van der Waals surface area contributed by atoms with Crippen LogP contribution in [0, 0.1) is 0 Å². The Labute approximate surface area is 69.5 Å². The number of hydrogen-bond donors (Lipinski definition) is 1. The molecule has 0 atom stereocenters. The normalized spacial score (nSPS) is 11.5. The molecule has 0 radical (unpaired) electrons. The number of carbonyl (C=O) groups is 1. The minimum absolute atomic E-state index is 0.0144. The average molecular weight is 163 g/mol. The number of pyridine rings is 1. The third-order valence-corrected chi connectivity index (χ3v) is 1.55. The summed E-state index contributed by atoms with van der Waals surface area (Å²) in [4.78, 5) is 14.5. The first-order chi connectivity index (χ1) is 6.20. The van der Waals surface area contributed by atoms with Crippen LogP contribution in [0.1, 0.15) is 11.9 Å². The number of carboxylic acid groups (broad SMARTS) is 1. The maximum absolute atomic E-state index is 10.7. The molecule has 0 aliphatic heterocycles. The molecule has 2 heterocycles. The van der Waals surface area contributed by atoms with Crippen LogP contribution in [0.4, 0.5) is 0 Å². The number of imidazole rings is 1. The standard InChI is InChI=1S/C8H6N2O2/c11-8(12)6-5-9-7-3-1-2-4-10(6)7/h1-5H,(H,11,12)/i4D. The van der Waals surface area contributed by atoms with Gasteiger partial charge in [-0.25, -0.2) is 9.78 Å². The number of hydrogen-bond acceptors (Lipinski definition) is 2. The SMILES string of the molecule is [2H]c1cccc2ncc(C(=O)O)n12. The van der Waals surface area contributed by atoms with Crippen LogP contribution in [0.5, 0.6) is 0 Å². The zero-order valence-corrected chi connectivity index (χ0v) is 6.06. The largest absolute Gasteiger partial charge is 0.477 e. The van der Waals surface area contributed by atoms with Crippen molar-refractivity contribution in [2.24, 2.45) is 0 Å². The zero-order valence-electron chi connectivity index (χ0n) is 7.06. The average Bonchev–Trinajstić information content (AvgIpc) is 2.49. The van der Waals surface area contributed by atoms with Crippen molar-refractivity contribution in [1.82, 2.24) is 9.38 Å². The van der Waals surface area contributed by atoms with Gasteiger partial charge in [0, 0.05) is 6.17 Å². The van der Waals surface area contributed by atoms with Crippen LogP contribution >= 0.6 is 0 Å². The lowest BCUT2D eigenvalue weighted by molar-refractivity contribution is 0.0689. The Morgan fingerprint density at radius 3 is 3.25 bits per heavy atom. The van der Waals surface area contributed by atoms with Gasteiger partial charge in [0.2, 0.25) is 0 Å². The van der Waals surface area contributed by atoms with E-state index >= 15 is 0 Å². The van der Waals surface area contributed by atoms with Crippen LogP contribution in [0.25, 0.3) is 5.65 Å². The van der Waals surface area contributed by atoms with E-state index in [1.807, 2.05) is 0 Å². The van der Waals surface area contributed by atoms with Gasteiger partial charge in [-0.3, -0.25) is 4.40 Å². The zero-order chi connectivity index (χ0) is 9.42. The van der Waals surface area contributed by atoms with Gasteiger partial charge in [-0.05, 0) is 12.1 Å². The van der Waals surface area contributed by atoms with Gasteiger partial charge < -0.3 is 5.11 Å². The quantitative estimate of drug-likeness (QED) is 0.683. The predicted molar refractivity (Wildman–Crippen MR) is 42.2 cm³/mol. The van der Waals surface area contributed by atoms with E-state index in [4.69, 9.17) is 6.48 Å². The summed E-state index contributed by atoms with van der Waals surface area (Å²) >= 11 is 0. The van der Waals surface area contributed by atoms with Gasteiger partial charge in [0.05, 0.1) is 7.57 Å². The smallest absolute Gasteiger partial charge is 0.354 e. The van der Waals surface area contributed by atoms with Crippen LogP contribution in [-0.2, 0) is 0 Å². The van der Waals surface area contributed by atoms with Crippen LogP contribution in [0.15, 0.2) is 30.6 Å². The number of nitrogens with zero attached hydrogens (tertiary/aromatic N) is 2. The van der Waals surface area contributed by atoms with Gasteiger partial charge in [-0.15, -0.1) is 0 Å².